The lowest BCUT2D eigenvalue weighted by Gasteiger charge is -2.19. The molecule has 0 aliphatic carbocycles. The molecule has 2 N–H and O–H groups in total. The number of aliphatic hydroxyl groups is 1. The first-order chi connectivity index (χ1) is 7.95. The monoisotopic (exact) mass is 239 g/mol. The standard InChI is InChI=1S/C11H17N3O3/c1-7-4-11(12-5-10(7)14(16)17)13-9(3)8(2)6-15/h4-5,8-9,15H,6H2,1-3H3,(H,12,13). The molecule has 0 aliphatic rings. The molecular weight excluding hydrogens is 222 g/mol. The lowest BCUT2D eigenvalue weighted by Crippen LogP contribution is -2.26. The van der Waals surface area contributed by atoms with Crippen molar-refractivity contribution in [2.45, 2.75) is 26.8 Å². The van der Waals surface area contributed by atoms with Crippen molar-refractivity contribution in [3.63, 3.8) is 0 Å². The smallest absolute Gasteiger partial charge is 0.290 e. The third kappa shape index (κ3) is 3.39. The lowest BCUT2D eigenvalue weighted by molar-refractivity contribution is -0.385. The Morgan fingerprint density at radius 3 is 2.71 bits per heavy atom. The van der Waals surface area contributed by atoms with Crippen LogP contribution < -0.4 is 5.32 Å². The Kier molecular flexibility index (Phi) is 4.39. The molecule has 2 atom stereocenters. The third-order valence-electron chi connectivity index (χ3n) is 2.80. The van der Waals surface area contributed by atoms with E-state index in [1.54, 1.807) is 13.0 Å². The number of nitrogens with zero attached hydrogens (tertiary/aromatic N) is 2. The third-order valence-corrected chi connectivity index (χ3v) is 2.80. The molecule has 6 heteroatoms. The van der Waals surface area contributed by atoms with Gasteiger partial charge in [-0.2, -0.15) is 0 Å². The van der Waals surface area contributed by atoms with Gasteiger partial charge < -0.3 is 10.4 Å². The molecule has 0 saturated heterocycles. The Bertz CT molecular complexity index is 409. The summed E-state index contributed by atoms with van der Waals surface area (Å²) in [6.45, 7) is 5.60. The zero-order chi connectivity index (χ0) is 13.0. The minimum Gasteiger partial charge on any atom is -0.396 e. The van der Waals surface area contributed by atoms with Crippen LogP contribution in [0.25, 0.3) is 0 Å². The van der Waals surface area contributed by atoms with Crippen LogP contribution in [0.3, 0.4) is 0 Å². The number of anilines is 1. The van der Waals surface area contributed by atoms with Crippen LogP contribution in [0.15, 0.2) is 12.3 Å². The van der Waals surface area contributed by atoms with Crippen LogP contribution in [0.5, 0.6) is 0 Å². The molecule has 0 amide bonds. The van der Waals surface area contributed by atoms with E-state index in [0.717, 1.165) is 0 Å². The fraction of sp³-hybridized carbons (Fsp3) is 0.545. The SMILES string of the molecule is Cc1cc(NC(C)C(C)CO)ncc1[N+](=O)[O-]. The summed E-state index contributed by atoms with van der Waals surface area (Å²) < 4.78 is 0. The Morgan fingerprint density at radius 1 is 1.59 bits per heavy atom. The summed E-state index contributed by atoms with van der Waals surface area (Å²) in [7, 11) is 0. The second-order valence-electron chi connectivity index (χ2n) is 4.21. The first kappa shape index (κ1) is 13.4. The van der Waals surface area contributed by atoms with Gasteiger partial charge in [-0.3, -0.25) is 10.1 Å². The Labute approximate surface area is 99.8 Å². The fourth-order valence-electron chi connectivity index (χ4n) is 1.35. The van der Waals surface area contributed by atoms with Crippen LogP contribution in [0.4, 0.5) is 11.5 Å². The number of aromatic nitrogens is 1. The van der Waals surface area contributed by atoms with Crippen molar-refractivity contribution in [3.05, 3.63) is 27.9 Å². The highest BCUT2D eigenvalue weighted by Crippen LogP contribution is 2.20. The highest BCUT2D eigenvalue weighted by Gasteiger charge is 2.14. The Balaban J connectivity index is 2.81. The highest BCUT2D eigenvalue weighted by atomic mass is 16.6. The molecule has 0 radical (unpaired) electrons. The highest BCUT2D eigenvalue weighted by molar-refractivity contribution is 5.47. The second-order valence-corrected chi connectivity index (χ2v) is 4.21. The summed E-state index contributed by atoms with van der Waals surface area (Å²) in [5.41, 5.74) is 0.578. The van der Waals surface area contributed by atoms with E-state index in [1.165, 1.54) is 6.20 Å². The number of aryl methyl sites for hydroxylation is 1. The van der Waals surface area contributed by atoms with Crippen LogP contribution in [0, 0.1) is 23.0 Å². The van der Waals surface area contributed by atoms with E-state index in [0.29, 0.717) is 11.4 Å². The van der Waals surface area contributed by atoms with Crippen molar-refractivity contribution >= 4 is 11.5 Å². The summed E-state index contributed by atoms with van der Waals surface area (Å²) in [6, 6.07) is 1.69. The molecule has 0 aromatic carbocycles. The summed E-state index contributed by atoms with van der Waals surface area (Å²) in [5, 5.41) is 22.7. The first-order valence-corrected chi connectivity index (χ1v) is 5.44. The summed E-state index contributed by atoms with van der Waals surface area (Å²) in [6.07, 6.45) is 1.24. The van der Waals surface area contributed by atoms with Gasteiger partial charge in [-0.25, -0.2) is 4.98 Å². The van der Waals surface area contributed by atoms with E-state index in [9.17, 15) is 10.1 Å². The Morgan fingerprint density at radius 2 is 2.24 bits per heavy atom. The number of rotatable bonds is 5. The normalized spacial score (nSPS) is 14.1. The van der Waals surface area contributed by atoms with Gasteiger partial charge in [0.2, 0.25) is 0 Å². The maximum Gasteiger partial charge on any atom is 0.290 e. The minimum absolute atomic E-state index is 0.0124. The molecule has 0 aliphatic heterocycles. The quantitative estimate of drug-likeness (QED) is 0.603. The van der Waals surface area contributed by atoms with Gasteiger partial charge in [-0.1, -0.05) is 6.92 Å². The summed E-state index contributed by atoms with van der Waals surface area (Å²) in [5.74, 6) is 0.674. The van der Waals surface area contributed by atoms with Crippen molar-refractivity contribution in [2.24, 2.45) is 5.92 Å². The molecule has 0 fully saturated rings. The fourth-order valence-corrected chi connectivity index (χ4v) is 1.35. The summed E-state index contributed by atoms with van der Waals surface area (Å²) in [4.78, 5) is 14.2. The van der Waals surface area contributed by atoms with E-state index in [1.807, 2.05) is 13.8 Å². The van der Waals surface area contributed by atoms with Crippen molar-refractivity contribution in [1.29, 1.82) is 0 Å². The van der Waals surface area contributed by atoms with E-state index in [4.69, 9.17) is 5.11 Å². The Hall–Kier alpha value is -1.69. The van der Waals surface area contributed by atoms with Crippen LogP contribution in [-0.4, -0.2) is 27.7 Å². The zero-order valence-corrected chi connectivity index (χ0v) is 10.2. The summed E-state index contributed by atoms with van der Waals surface area (Å²) >= 11 is 0. The van der Waals surface area contributed by atoms with Crippen LogP contribution in [-0.2, 0) is 0 Å². The average molecular weight is 239 g/mol. The zero-order valence-electron chi connectivity index (χ0n) is 10.2. The molecule has 1 aromatic rings. The average Bonchev–Trinajstić information content (AvgIpc) is 2.27. The number of hydrogen-bond acceptors (Lipinski definition) is 5. The van der Waals surface area contributed by atoms with Crippen molar-refractivity contribution in [2.75, 3.05) is 11.9 Å². The molecule has 6 nitrogen and oxygen atoms in total. The predicted octanol–water partition coefficient (Wildman–Crippen LogP) is 1.73. The van der Waals surface area contributed by atoms with Gasteiger partial charge in [0.05, 0.1) is 4.92 Å². The van der Waals surface area contributed by atoms with E-state index < -0.39 is 4.92 Å². The molecular formula is C11H17N3O3. The van der Waals surface area contributed by atoms with E-state index >= 15 is 0 Å². The van der Waals surface area contributed by atoms with Gasteiger partial charge in [0, 0.05) is 18.2 Å². The van der Waals surface area contributed by atoms with Gasteiger partial charge in [-0.05, 0) is 25.8 Å². The second kappa shape index (κ2) is 5.58. The minimum atomic E-state index is -0.452. The van der Waals surface area contributed by atoms with Crippen LogP contribution in [0.2, 0.25) is 0 Å². The van der Waals surface area contributed by atoms with Crippen molar-refractivity contribution in [1.82, 2.24) is 4.98 Å². The lowest BCUT2D eigenvalue weighted by atomic mass is 10.1. The number of hydrogen-bond donors (Lipinski definition) is 2. The maximum absolute atomic E-state index is 10.6. The molecule has 0 saturated carbocycles. The van der Waals surface area contributed by atoms with E-state index in [2.05, 4.69) is 10.3 Å². The molecule has 94 valence electrons. The van der Waals surface area contributed by atoms with Gasteiger partial charge in [0.25, 0.3) is 5.69 Å². The molecule has 2 unspecified atom stereocenters. The molecule has 1 heterocycles. The van der Waals surface area contributed by atoms with Crippen molar-refractivity contribution < 1.29 is 10.0 Å². The molecule has 1 rings (SSSR count). The number of nitrogens with one attached hydrogen (secondary N) is 1. The molecule has 17 heavy (non-hydrogen) atoms. The first-order valence-electron chi connectivity index (χ1n) is 5.44. The molecule has 0 spiro atoms. The van der Waals surface area contributed by atoms with Crippen LogP contribution in [0.1, 0.15) is 19.4 Å². The van der Waals surface area contributed by atoms with Gasteiger partial charge in [0.15, 0.2) is 0 Å². The number of nitro groups is 1. The molecule has 0 bridgehead atoms. The topological polar surface area (TPSA) is 88.3 Å². The largest absolute Gasteiger partial charge is 0.396 e. The van der Waals surface area contributed by atoms with Crippen LogP contribution >= 0.6 is 0 Å². The van der Waals surface area contributed by atoms with Gasteiger partial charge in [-0.15, -0.1) is 0 Å². The predicted molar refractivity (Wildman–Crippen MR) is 65.0 cm³/mol. The maximum atomic E-state index is 10.6. The van der Waals surface area contributed by atoms with Gasteiger partial charge in [0.1, 0.15) is 12.0 Å². The van der Waals surface area contributed by atoms with E-state index in [-0.39, 0.29) is 24.3 Å². The molecule has 1 aromatic heterocycles. The van der Waals surface area contributed by atoms with Gasteiger partial charge >= 0.3 is 0 Å². The number of aliphatic hydroxyl groups excluding tert-OH is 1. The number of pyridine rings is 1. The van der Waals surface area contributed by atoms with Crippen molar-refractivity contribution in [3.8, 4) is 0 Å².